The van der Waals surface area contributed by atoms with Crippen molar-refractivity contribution in [3.05, 3.63) is 22.4 Å². The fraction of sp³-hybridized carbons (Fsp3) is 0.625. The highest BCUT2D eigenvalue weighted by Gasteiger charge is 2.17. The van der Waals surface area contributed by atoms with Gasteiger partial charge >= 0.3 is 0 Å². The van der Waals surface area contributed by atoms with Gasteiger partial charge < -0.3 is 11.1 Å². The lowest BCUT2D eigenvalue weighted by atomic mass is 10.0. The Bertz CT molecular complexity index is 418. The molecule has 1 unspecified atom stereocenters. The molecule has 3 N–H and O–H groups in total. The van der Waals surface area contributed by atoms with Gasteiger partial charge in [0.1, 0.15) is 6.04 Å². The highest BCUT2D eigenvalue weighted by molar-refractivity contribution is 7.07. The van der Waals surface area contributed by atoms with Gasteiger partial charge in [0, 0.05) is 0 Å². The van der Waals surface area contributed by atoms with Crippen molar-refractivity contribution in [2.75, 3.05) is 0 Å². The van der Waals surface area contributed by atoms with Crippen LogP contribution in [0.2, 0.25) is 0 Å². The molecular formula is C16H26N2O2S. The normalized spacial score (nSPS) is 12.0. The van der Waals surface area contributed by atoms with E-state index in [1.165, 1.54) is 25.7 Å². The van der Waals surface area contributed by atoms with Crippen molar-refractivity contribution < 1.29 is 9.59 Å². The van der Waals surface area contributed by atoms with E-state index in [1.807, 2.05) is 16.8 Å². The number of carbonyl (C=O) groups excluding carboxylic acids is 2. The van der Waals surface area contributed by atoms with Crippen molar-refractivity contribution in [2.45, 2.75) is 64.3 Å². The molecule has 0 aliphatic rings. The zero-order chi connectivity index (χ0) is 15.5. The second-order valence-corrected chi connectivity index (χ2v) is 6.17. The number of nitrogens with two attached hydrogens (primary N) is 1. The average molecular weight is 310 g/mol. The van der Waals surface area contributed by atoms with E-state index in [0.29, 0.717) is 12.8 Å². The lowest BCUT2D eigenvalue weighted by Gasteiger charge is -2.15. The molecule has 4 nitrogen and oxygen atoms in total. The Balaban J connectivity index is 2.26. The average Bonchev–Trinajstić information content (AvgIpc) is 2.93. The van der Waals surface area contributed by atoms with Crippen LogP contribution in [0.5, 0.6) is 0 Å². The second kappa shape index (κ2) is 10.4. The molecule has 0 aromatic carbocycles. The summed E-state index contributed by atoms with van der Waals surface area (Å²) in [4.78, 5) is 23.3. The molecule has 0 aliphatic heterocycles. The summed E-state index contributed by atoms with van der Waals surface area (Å²) in [5.41, 5.74) is 6.34. The Morgan fingerprint density at radius 2 is 1.95 bits per heavy atom. The fourth-order valence-corrected chi connectivity index (χ4v) is 2.91. The van der Waals surface area contributed by atoms with E-state index in [-0.39, 0.29) is 5.91 Å². The molecule has 1 aromatic rings. The maximum Gasteiger partial charge on any atom is 0.239 e. The molecule has 0 fully saturated rings. The Kier molecular flexibility index (Phi) is 8.74. The van der Waals surface area contributed by atoms with Gasteiger partial charge in [0.25, 0.3) is 0 Å². The number of hydrogen-bond acceptors (Lipinski definition) is 3. The number of primary amides is 1. The first-order chi connectivity index (χ1) is 10.1. The molecule has 1 rings (SSSR count). The zero-order valence-corrected chi connectivity index (χ0v) is 13.6. The van der Waals surface area contributed by atoms with Gasteiger partial charge in [-0.15, -0.1) is 0 Å². The van der Waals surface area contributed by atoms with Gasteiger partial charge in [0.15, 0.2) is 0 Å². The maximum atomic E-state index is 11.9. The van der Waals surface area contributed by atoms with Crippen LogP contribution in [0.25, 0.3) is 0 Å². The van der Waals surface area contributed by atoms with Crippen LogP contribution in [0.15, 0.2) is 16.8 Å². The largest absolute Gasteiger partial charge is 0.368 e. The minimum atomic E-state index is -0.540. The molecule has 0 radical (unpaired) electrons. The fourth-order valence-electron chi connectivity index (χ4n) is 2.24. The number of carbonyl (C=O) groups is 2. The molecule has 0 spiro atoms. The predicted octanol–water partition coefficient (Wildman–Crippen LogP) is 3.01. The molecule has 1 heterocycles. The second-order valence-electron chi connectivity index (χ2n) is 5.39. The minimum Gasteiger partial charge on any atom is -0.368 e. The Morgan fingerprint density at radius 1 is 1.24 bits per heavy atom. The first-order valence-electron chi connectivity index (χ1n) is 7.73. The van der Waals surface area contributed by atoms with E-state index in [2.05, 4.69) is 12.2 Å². The number of nitrogens with one attached hydrogen (secondary N) is 1. The van der Waals surface area contributed by atoms with E-state index in [1.54, 1.807) is 11.3 Å². The monoisotopic (exact) mass is 310 g/mol. The van der Waals surface area contributed by atoms with Crippen molar-refractivity contribution in [3.63, 3.8) is 0 Å². The lowest BCUT2D eigenvalue weighted by Crippen LogP contribution is -2.44. The summed E-state index contributed by atoms with van der Waals surface area (Å²) in [6.07, 6.45) is 7.87. The van der Waals surface area contributed by atoms with Crippen molar-refractivity contribution in [2.24, 2.45) is 5.73 Å². The third kappa shape index (κ3) is 7.85. The molecule has 118 valence electrons. The summed E-state index contributed by atoms with van der Waals surface area (Å²) in [7, 11) is 0. The van der Waals surface area contributed by atoms with Gasteiger partial charge in [-0.2, -0.15) is 11.3 Å². The molecule has 1 aromatic heterocycles. The van der Waals surface area contributed by atoms with Gasteiger partial charge in [-0.1, -0.05) is 45.4 Å². The summed E-state index contributed by atoms with van der Waals surface area (Å²) < 4.78 is 0. The molecule has 21 heavy (non-hydrogen) atoms. The topological polar surface area (TPSA) is 72.2 Å². The molecule has 1 atom stereocenters. The Labute approximate surface area is 131 Å². The minimum absolute atomic E-state index is 0.136. The number of amides is 2. The SMILES string of the molecule is CCCCCCCCC(NC(=O)Cc1ccsc1)C(N)=O. The summed E-state index contributed by atoms with van der Waals surface area (Å²) >= 11 is 1.56. The van der Waals surface area contributed by atoms with Crippen molar-refractivity contribution in [1.82, 2.24) is 5.32 Å². The number of thiophene rings is 1. The van der Waals surface area contributed by atoms with Gasteiger partial charge in [-0.3, -0.25) is 9.59 Å². The molecule has 5 heteroatoms. The highest BCUT2D eigenvalue weighted by Crippen LogP contribution is 2.10. The summed E-state index contributed by atoms with van der Waals surface area (Å²) in [6.45, 7) is 2.19. The van der Waals surface area contributed by atoms with Crippen LogP contribution in [0.1, 0.15) is 57.4 Å². The van der Waals surface area contributed by atoms with Crippen LogP contribution in [-0.2, 0) is 16.0 Å². The van der Waals surface area contributed by atoms with E-state index < -0.39 is 11.9 Å². The van der Waals surface area contributed by atoms with Gasteiger partial charge in [0.05, 0.1) is 6.42 Å². The van der Waals surface area contributed by atoms with E-state index in [9.17, 15) is 9.59 Å². The number of unbranched alkanes of at least 4 members (excludes halogenated alkanes) is 5. The van der Waals surface area contributed by atoms with Gasteiger partial charge in [0.2, 0.25) is 11.8 Å². The quantitative estimate of drug-likeness (QED) is 0.617. The Morgan fingerprint density at radius 3 is 2.57 bits per heavy atom. The lowest BCUT2D eigenvalue weighted by molar-refractivity contribution is -0.127. The first kappa shape index (κ1) is 17.7. The molecule has 0 aliphatic carbocycles. The molecule has 0 saturated carbocycles. The van der Waals surface area contributed by atoms with Crippen molar-refractivity contribution in [3.8, 4) is 0 Å². The van der Waals surface area contributed by atoms with Crippen LogP contribution in [0.3, 0.4) is 0 Å². The number of hydrogen-bond donors (Lipinski definition) is 2. The standard InChI is InChI=1S/C16H26N2O2S/c1-2-3-4-5-6-7-8-14(16(17)20)18-15(19)11-13-9-10-21-12-13/h9-10,12,14H,2-8,11H2,1H3,(H2,17,20)(H,18,19). The maximum absolute atomic E-state index is 11.9. The van der Waals surface area contributed by atoms with Gasteiger partial charge in [-0.25, -0.2) is 0 Å². The molecule has 2 amide bonds. The van der Waals surface area contributed by atoms with Crippen LogP contribution < -0.4 is 11.1 Å². The first-order valence-corrected chi connectivity index (χ1v) is 8.67. The van der Waals surface area contributed by atoms with E-state index in [4.69, 9.17) is 5.73 Å². The van der Waals surface area contributed by atoms with Crippen LogP contribution in [0, 0.1) is 0 Å². The third-order valence-corrected chi connectivity index (χ3v) is 4.20. The molecule has 0 bridgehead atoms. The summed E-state index contributed by atoms with van der Waals surface area (Å²) in [5, 5.41) is 6.62. The summed E-state index contributed by atoms with van der Waals surface area (Å²) in [5.74, 6) is -0.578. The van der Waals surface area contributed by atoms with Crippen LogP contribution >= 0.6 is 11.3 Å². The van der Waals surface area contributed by atoms with Crippen LogP contribution in [0.4, 0.5) is 0 Å². The van der Waals surface area contributed by atoms with E-state index >= 15 is 0 Å². The van der Waals surface area contributed by atoms with Crippen molar-refractivity contribution in [1.29, 1.82) is 0 Å². The predicted molar refractivity (Wildman–Crippen MR) is 87.1 cm³/mol. The van der Waals surface area contributed by atoms with E-state index in [0.717, 1.165) is 18.4 Å². The number of rotatable bonds is 11. The molecular weight excluding hydrogens is 284 g/mol. The third-order valence-electron chi connectivity index (χ3n) is 3.47. The zero-order valence-electron chi connectivity index (χ0n) is 12.8. The smallest absolute Gasteiger partial charge is 0.239 e. The van der Waals surface area contributed by atoms with Crippen molar-refractivity contribution >= 4 is 23.2 Å². The van der Waals surface area contributed by atoms with Crippen LogP contribution in [-0.4, -0.2) is 17.9 Å². The Hall–Kier alpha value is -1.36. The highest BCUT2D eigenvalue weighted by atomic mass is 32.1. The van der Waals surface area contributed by atoms with Gasteiger partial charge in [-0.05, 0) is 28.8 Å². The summed E-state index contributed by atoms with van der Waals surface area (Å²) in [6, 6.07) is 1.37. The molecule has 0 saturated heterocycles.